The highest BCUT2D eigenvalue weighted by Gasteiger charge is 2.25. The van der Waals surface area contributed by atoms with E-state index in [2.05, 4.69) is 74.4 Å². The maximum absolute atomic E-state index is 4.26. The van der Waals surface area contributed by atoms with Crippen molar-refractivity contribution >= 4 is 14.8 Å². The lowest BCUT2D eigenvalue weighted by Gasteiger charge is -2.27. The Labute approximate surface area is 148 Å². The van der Waals surface area contributed by atoms with Gasteiger partial charge in [0, 0.05) is 0 Å². The molecule has 1 aromatic carbocycles. The smallest absolute Gasteiger partial charge is 0.147 e. The summed E-state index contributed by atoms with van der Waals surface area (Å²) in [5.74, 6) is 0.771. The molecule has 0 unspecified atom stereocenters. The van der Waals surface area contributed by atoms with E-state index in [9.17, 15) is 0 Å². The molecule has 0 N–H and O–H groups in total. The molecule has 1 heterocycles. The fraction of sp³-hybridized carbons (Fsp3) is 0.455. The van der Waals surface area contributed by atoms with Gasteiger partial charge in [-0.05, 0) is 30.4 Å². The molecule has 1 fully saturated rings. The monoisotopic (exact) mass is 337 g/mol. The van der Waals surface area contributed by atoms with Gasteiger partial charge in [-0.2, -0.15) is 0 Å². The molecular formula is C22H31NSi. The van der Waals surface area contributed by atoms with E-state index in [1.807, 2.05) is 0 Å². The van der Waals surface area contributed by atoms with E-state index in [-0.39, 0.29) is 0 Å². The van der Waals surface area contributed by atoms with Crippen LogP contribution in [-0.2, 0) is 0 Å². The van der Waals surface area contributed by atoms with Crippen molar-refractivity contribution in [3.63, 3.8) is 0 Å². The molecule has 0 atom stereocenters. The molecule has 0 aromatic heterocycles. The minimum absolute atomic E-state index is 0.771. The van der Waals surface area contributed by atoms with Crippen molar-refractivity contribution in [2.24, 2.45) is 0 Å². The number of benzene rings is 1. The lowest BCUT2D eigenvalue weighted by Crippen LogP contribution is -2.27. The van der Waals surface area contributed by atoms with Crippen LogP contribution in [0.4, 0.5) is 0 Å². The number of hydrogen-bond donors (Lipinski definition) is 0. The molecule has 0 radical (unpaired) electrons. The molecule has 1 saturated carbocycles. The van der Waals surface area contributed by atoms with Crippen LogP contribution >= 0.6 is 0 Å². The van der Waals surface area contributed by atoms with Crippen molar-refractivity contribution in [1.82, 2.24) is 0 Å². The lowest BCUT2D eigenvalue weighted by atomic mass is 9.82. The zero-order valence-electron chi connectivity index (χ0n) is 15.7. The third-order valence-electron chi connectivity index (χ3n) is 5.49. The maximum Gasteiger partial charge on any atom is 0.147 e. The molecule has 2 aliphatic rings. The molecule has 1 aromatic rings. The Bertz CT molecular complexity index is 684. The van der Waals surface area contributed by atoms with Crippen molar-refractivity contribution in [3.05, 3.63) is 64.5 Å². The van der Waals surface area contributed by atoms with E-state index < -0.39 is 8.07 Å². The number of rotatable bonds is 3. The van der Waals surface area contributed by atoms with Crippen molar-refractivity contribution in [3.8, 4) is 0 Å². The predicted octanol–water partition coefficient (Wildman–Crippen LogP) is 5.97. The van der Waals surface area contributed by atoms with Gasteiger partial charge in [-0.25, -0.2) is 0 Å². The van der Waals surface area contributed by atoms with Gasteiger partial charge in [0.15, 0.2) is 0 Å². The van der Waals surface area contributed by atoms with E-state index in [4.69, 9.17) is 0 Å². The lowest BCUT2D eigenvalue weighted by molar-refractivity contribution is -0.418. The van der Waals surface area contributed by atoms with E-state index in [0.29, 0.717) is 0 Å². The minimum Gasteiger partial charge on any atom is -0.255 e. The molecule has 128 valence electrons. The van der Waals surface area contributed by atoms with Gasteiger partial charge < -0.3 is 0 Å². The molecule has 0 bridgehead atoms. The Balaban J connectivity index is 1.82. The van der Waals surface area contributed by atoms with Crippen LogP contribution in [0.1, 0.15) is 54.7 Å². The summed E-state index contributed by atoms with van der Waals surface area (Å²) in [6, 6.07) is 8.29. The van der Waals surface area contributed by atoms with E-state index in [0.717, 1.165) is 5.92 Å². The van der Waals surface area contributed by atoms with Gasteiger partial charge in [0.25, 0.3) is 0 Å². The van der Waals surface area contributed by atoms with Crippen LogP contribution in [0.2, 0.25) is 19.6 Å². The molecule has 0 amide bonds. The number of hydrogen-bond acceptors (Lipinski definition) is 0. The number of aryl methyl sites for hydroxylation is 1. The second kappa shape index (κ2) is 6.76. The van der Waals surface area contributed by atoms with Crippen molar-refractivity contribution in [2.75, 3.05) is 0 Å². The SMILES string of the molecule is C=[N+]1C=C([Si](C)(C)C)C=C[C-]1c1ccc(C2CCCCC2)cc1C. The summed E-state index contributed by atoms with van der Waals surface area (Å²) in [7, 11) is -1.29. The highest BCUT2D eigenvalue weighted by molar-refractivity contribution is 6.83. The minimum atomic E-state index is -1.29. The Hall–Kier alpha value is -1.54. The van der Waals surface area contributed by atoms with E-state index in [1.165, 1.54) is 60.0 Å². The standard InChI is InChI=1S/C22H31NSi/c1-17-15-19(18-9-7-6-8-10-18)11-13-21(17)22-14-12-20(16-23(22)2)24(3,4)5/h11-16,18H,2,6-10H2,1,3-5H3. The molecule has 0 saturated heterocycles. The van der Waals surface area contributed by atoms with E-state index >= 15 is 0 Å². The Kier molecular flexibility index (Phi) is 4.87. The quantitative estimate of drug-likeness (QED) is 0.363. The number of allylic oxidation sites excluding steroid dienone is 2. The third-order valence-corrected chi connectivity index (χ3v) is 7.52. The van der Waals surface area contributed by atoms with Crippen molar-refractivity contribution in [2.45, 2.75) is 64.6 Å². The van der Waals surface area contributed by atoms with Crippen LogP contribution in [0.5, 0.6) is 0 Å². The normalized spacial score (nSPS) is 19.6. The maximum atomic E-state index is 4.26. The van der Waals surface area contributed by atoms with Crippen LogP contribution in [-0.4, -0.2) is 19.4 Å². The predicted molar refractivity (Wildman–Crippen MR) is 107 cm³/mol. The molecule has 1 nitrogen and oxygen atoms in total. The molecule has 0 spiro atoms. The van der Waals surface area contributed by atoms with Gasteiger partial charge >= 0.3 is 0 Å². The van der Waals surface area contributed by atoms with Crippen LogP contribution in [0.3, 0.4) is 0 Å². The summed E-state index contributed by atoms with van der Waals surface area (Å²) in [6.07, 6.45) is 13.7. The average Bonchev–Trinajstić information content (AvgIpc) is 2.55. The molecule has 3 rings (SSSR count). The summed E-state index contributed by atoms with van der Waals surface area (Å²) < 4.78 is 2.07. The third kappa shape index (κ3) is 3.59. The van der Waals surface area contributed by atoms with Crippen molar-refractivity contribution in [1.29, 1.82) is 0 Å². The Morgan fingerprint density at radius 1 is 1.12 bits per heavy atom. The van der Waals surface area contributed by atoms with Gasteiger partial charge in [0.05, 0.1) is 14.8 Å². The van der Waals surface area contributed by atoms with Gasteiger partial charge in [-0.1, -0.05) is 74.3 Å². The molecule has 1 aliphatic heterocycles. The Morgan fingerprint density at radius 2 is 1.83 bits per heavy atom. The highest BCUT2D eigenvalue weighted by atomic mass is 28.3. The molecular weight excluding hydrogens is 306 g/mol. The van der Waals surface area contributed by atoms with Crippen molar-refractivity contribution < 1.29 is 4.58 Å². The van der Waals surface area contributed by atoms with Crippen LogP contribution in [0.15, 0.2) is 41.7 Å². The zero-order chi connectivity index (χ0) is 17.3. The second-order valence-electron chi connectivity index (χ2n) is 8.43. The van der Waals surface area contributed by atoms with Crippen LogP contribution in [0, 0.1) is 13.0 Å². The molecule has 1 aliphatic carbocycles. The molecule has 24 heavy (non-hydrogen) atoms. The number of nitrogens with zero attached hydrogens (tertiary/aromatic N) is 1. The van der Waals surface area contributed by atoms with Crippen LogP contribution < -0.4 is 0 Å². The summed E-state index contributed by atoms with van der Waals surface area (Å²) in [6.45, 7) is 13.7. The first-order valence-corrected chi connectivity index (χ1v) is 12.8. The fourth-order valence-electron chi connectivity index (χ4n) is 3.90. The largest absolute Gasteiger partial charge is 0.255 e. The highest BCUT2D eigenvalue weighted by Crippen LogP contribution is 2.35. The molecule has 2 heteroatoms. The van der Waals surface area contributed by atoms with Crippen LogP contribution in [0.25, 0.3) is 0 Å². The fourth-order valence-corrected chi connectivity index (χ4v) is 5.02. The first-order valence-electron chi connectivity index (χ1n) is 9.34. The van der Waals surface area contributed by atoms with E-state index in [1.54, 1.807) is 0 Å². The summed E-state index contributed by atoms with van der Waals surface area (Å²) in [5, 5.41) is 1.46. The second-order valence-corrected chi connectivity index (χ2v) is 13.5. The Morgan fingerprint density at radius 3 is 2.42 bits per heavy atom. The first kappa shape index (κ1) is 17.3. The van der Waals surface area contributed by atoms with Gasteiger partial charge in [0.1, 0.15) is 12.2 Å². The average molecular weight is 338 g/mol. The van der Waals surface area contributed by atoms with Gasteiger partial charge in [-0.15, -0.1) is 12.1 Å². The van der Waals surface area contributed by atoms with Gasteiger partial charge in [-0.3, -0.25) is 4.58 Å². The first-order chi connectivity index (χ1) is 11.4. The topological polar surface area (TPSA) is 3.01 Å². The zero-order valence-corrected chi connectivity index (χ0v) is 16.7. The summed E-state index contributed by atoms with van der Waals surface area (Å²) >= 11 is 0. The van der Waals surface area contributed by atoms with Gasteiger partial charge in [0.2, 0.25) is 0 Å². The summed E-state index contributed by atoms with van der Waals surface area (Å²) in [4.78, 5) is 0. The summed E-state index contributed by atoms with van der Waals surface area (Å²) in [5.41, 5.74) is 4.22.